The SMILES string of the molecule is CC(C)(C)[S+]([O-])N[C@H](/C=C/CCCO[Si](C)(C)C(C)(C)C)CCC(F)(F)F. The minimum Gasteiger partial charge on any atom is -0.598 e. The lowest BCUT2D eigenvalue weighted by Crippen LogP contribution is -2.44. The van der Waals surface area contributed by atoms with Crippen LogP contribution in [0.1, 0.15) is 67.2 Å². The second-order valence-electron chi connectivity index (χ2n) is 9.44. The van der Waals surface area contributed by atoms with Gasteiger partial charge in [0.05, 0.1) is 6.04 Å². The Kier molecular flexibility index (Phi) is 10.7. The maximum atomic E-state index is 12.5. The molecule has 0 heterocycles. The number of hydrogen-bond donors (Lipinski definition) is 1. The Hall–Kier alpha value is -0.0231. The van der Waals surface area contributed by atoms with Gasteiger partial charge in [0, 0.05) is 24.4 Å². The quantitative estimate of drug-likeness (QED) is 0.197. The Morgan fingerprint density at radius 2 is 1.67 bits per heavy atom. The van der Waals surface area contributed by atoms with Gasteiger partial charge in [-0.05, 0) is 58.2 Å². The molecule has 3 nitrogen and oxygen atoms in total. The summed E-state index contributed by atoms with van der Waals surface area (Å²) in [7, 11) is -1.77. The van der Waals surface area contributed by atoms with E-state index >= 15 is 0 Å². The van der Waals surface area contributed by atoms with E-state index in [1.165, 1.54) is 0 Å². The van der Waals surface area contributed by atoms with E-state index in [9.17, 15) is 17.7 Å². The van der Waals surface area contributed by atoms with E-state index in [0.717, 1.165) is 12.8 Å². The summed E-state index contributed by atoms with van der Waals surface area (Å²) in [6.45, 7) is 17.0. The Balaban J connectivity index is 4.56. The smallest absolute Gasteiger partial charge is 0.389 e. The topological polar surface area (TPSA) is 44.3 Å². The molecule has 0 rings (SSSR count). The zero-order valence-corrected chi connectivity index (χ0v) is 19.9. The standard InChI is InChI=1S/C19H38F3NO2SSi/c1-17(2,3)26(24)23-16(13-14-19(20,21)22)12-10-9-11-15-25-27(7,8)18(4,5)6/h10,12,16,23H,9,11,13-15H2,1-8H3/b12-10+/t16-,26?/m1/s1. The van der Waals surface area contributed by atoms with Crippen molar-refractivity contribution in [3.63, 3.8) is 0 Å². The van der Waals surface area contributed by atoms with Gasteiger partial charge in [0.25, 0.3) is 0 Å². The molecule has 0 aliphatic rings. The van der Waals surface area contributed by atoms with Gasteiger partial charge in [0.15, 0.2) is 8.32 Å². The van der Waals surface area contributed by atoms with E-state index in [-0.39, 0.29) is 11.5 Å². The molecule has 0 aliphatic carbocycles. The van der Waals surface area contributed by atoms with Gasteiger partial charge in [-0.3, -0.25) is 0 Å². The van der Waals surface area contributed by atoms with Crippen LogP contribution in [0.15, 0.2) is 12.2 Å². The third-order valence-electron chi connectivity index (χ3n) is 4.71. The number of halogens is 3. The molecule has 0 saturated carbocycles. The molecule has 0 bridgehead atoms. The van der Waals surface area contributed by atoms with Gasteiger partial charge in [-0.15, -0.1) is 4.72 Å². The van der Waals surface area contributed by atoms with Crippen LogP contribution in [-0.4, -0.2) is 36.4 Å². The molecule has 0 aromatic rings. The molecule has 1 N–H and O–H groups in total. The zero-order valence-electron chi connectivity index (χ0n) is 18.1. The first-order valence-electron chi connectivity index (χ1n) is 9.51. The highest BCUT2D eigenvalue weighted by molar-refractivity contribution is 7.90. The fraction of sp³-hybridized carbons (Fsp3) is 0.895. The minimum absolute atomic E-state index is 0.123. The van der Waals surface area contributed by atoms with Crippen LogP contribution < -0.4 is 4.72 Å². The van der Waals surface area contributed by atoms with E-state index in [2.05, 4.69) is 38.6 Å². The van der Waals surface area contributed by atoms with Crippen LogP contribution in [0.4, 0.5) is 13.2 Å². The van der Waals surface area contributed by atoms with E-state index < -0.39 is 43.1 Å². The lowest BCUT2D eigenvalue weighted by atomic mass is 10.1. The van der Waals surface area contributed by atoms with Gasteiger partial charge in [-0.2, -0.15) is 13.2 Å². The van der Waals surface area contributed by atoms with E-state index in [1.807, 2.05) is 6.08 Å². The van der Waals surface area contributed by atoms with Crippen molar-refractivity contribution < 1.29 is 22.2 Å². The normalized spacial score (nSPS) is 16.7. The average Bonchev–Trinajstić information content (AvgIpc) is 2.44. The van der Waals surface area contributed by atoms with Crippen molar-refractivity contribution in [2.75, 3.05) is 6.61 Å². The third kappa shape index (κ3) is 12.2. The van der Waals surface area contributed by atoms with E-state index in [1.54, 1.807) is 26.8 Å². The van der Waals surface area contributed by atoms with E-state index in [4.69, 9.17) is 4.43 Å². The summed E-state index contributed by atoms with van der Waals surface area (Å²) < 4.78 is 58.2. The van der Waals surface area contributed by atoms with Crippen molar-refractivity contribution in [1.29, 1.82) is 0 Å². The predicted molar refractivity (Wildman–Crippen MR) is 112 cm³/mol. The summed E-state index contributed by atoms with van der Waals surface area (Å²) >= 11 is -1.41. The molecular formula is C19H38F3NO2SSi. The van der Waals surface area contributed by atoms with Crippen LogP contribution in [0, 0.1) is 0 Å². The first-order valence-corrected chi connectivity index (χ1v) is 13.6. The van der Waals surface area contributed by atoms with Crippen molar-refractivity contribution in [1.82, 2.24) is 4.72 Å². The molecular weight excluding hydrogens is 391 g/mol. The summed E-state index contributed by atoms with van der Waals surface area (Å²) in [6, 6.07) is -0.562. The molecule has 8 heteroatoms. The maximum absolute atomic E-state index is 12.5. The van der Waals surface area contributed by atoms with Gasteiger partial charge < -0.3 is 8.98 Å². The Labute approximate surface area is 168 Å². The molecule has 0 amide bonds. The first kappa shape index (κ1) is 27.0. The molecule has 0 fully saturated rings. The highest BCUT2D eigenvalue weighted by Crippen LogP contribution is 2.36. The summed E-state index contributed by atoms with van der Waals surface area (Å²) in [5, 5.41) is 0.159. The number of nitrogens with one attached hydrogen (secondary N) is 1. The molecule has 2 atom stereocenters. The third-order valence-corrected chi connectivity index (χ3v) is 10.9. The second-order valence-corrected chi connectivity index (χ2v) is 16.2. The number of rotatable bonds is 10. The summed E-state index contributed by atoms with van der Waals surface area (Å²) in [6.07, 6.45) is -0.121. The first-order chi connectivity index (χ1) is 12.0. The molecule has 0 spiro atoms. The molecule has 162 valence electrons. The minimum atomic E-state index is -4.21. The van der Waals surface area contributed by atoms with Gasteiger partial charge in [0.1, 0.15) is 4.75 Å². The highest BCUT2D eigenvalue weighted by atomic mass is 32.2. The largest absolute Gasteiger partial charge is 0.598 e. The zero-order chi connectivity index (χ0) is 21.5. The van der Waals surface area contributed by atoms with Crippen molar-refractivity contribution >= 4 is 19.7 Å². The van der Waals surface area contributed by atoms with Gasteiger partial charge in [0.2, 0.25) is 0 Å². The monoisotopic (exact) mass is 429 g/mol. The summed E-state index contributed by atoms with van der Waals surface area (Å²) in [5.41, 5.74) is 0. The highest BCUT2D eigenvalue weighted by Gasteiger charge is 2.36. The lowest BCUT2D eigenvalue weighted by molar-refractivity contribution is -0.135. The fourth-order valence-corrected chi connectivity index (χ4v) is 3.75. The molecule has 0 aromatic carbocycles. The Morgan fingerprint density at radius 1 is 1.11 bits per heavy atom. The van der Waals surface area contributed by atoms with Gasteiger partial charge >= 0.3 is 6.18 Å². The van der Waals surface area contributed by atoms with Crippen LogP contribution in [0.5, 0.6) is 0 Å². The molecule has 27 heavy (non-hydrogen) atoms. The van der Waals surface area contributed by atoms with Crippen LogP contribution in [-0.2, 0) is 15.8 Å². The molecule has 0 saturated heterocycles. The molecule has 1 unspecified atom stereocenters. The number of hydrogen-bond acceptors (Lipinski definition) is 3. The van der Waals surface area contributed by atoms with Gasteiger partial charge in [-0.25, -0.2) is 0 Å². The summed E-state index contributed by atoms with van der Waals surface area (Å²) in [5.74, 6) is 0. The van der Waals surface area contributed by atoms with Crippen LogP contribution >= 0.6 is 0 Å². The fourth-order valence-electron chi connectivity index (χ4n) is 1.83. The van der Waals surface area contributed by atoms with Gasteiger partial charge in [-0.1, -0.05) is 32.9 Å². The Morgan fingerprint density at radius 3 is 2.11 bits per heavy atom. The Bertz CT molecular complexity index is 457. The molecule has 0 aromatic heterocycles. The number of unbranched alkanes of at least 4 members (excludes halogenated alkanes) is 1. The second kappa shape index (κ2) is 10.7. The number of alkyl halides is 3. The van der Waals surface area contributed by atoms with Crippen molar-refractivity contribution in [3.8, 4) is 0 Å². The van der Waals surface area contributed by atoms with Crippen LogP contribution in [0.3, 0.4) is 0 Å². The van der Waals surface area contributed by atoms with Crippen molar-refractivity contribution in [2.45, 2.75) is 102 Å². The van der Waals surface area contributed by atoms with Crippen molar-refractivity contribution in [3.05, 3.63) is 12.2 Å². The summed E-state index contributed by atoms with van der Waals surface area (Å²) in [4.78, 5) is 0. The molecule has 0 radical (unpaired) electrons. The predicted octanol–water partition coefficient (Wildman–Crippen LogP) is 6.11. The van der Waals surface area contributed by atoms with Crippen molar-refractivity contribution in [2.24, 2.45) is 0 Å². The molecule has 0 aliphatic heterocycles. The number of allylic oxidation sites excluding steroid dienone is 1. The van der Waals surface area contributed by atoms with Crippen LogP contribution in [0.2, 0.25) is 18.1 Å². The lowest BCUT2D eigenvalue weighted by Gasteiger charge is -2.36. The van der Waals surface area contributed by atoms with Crippen LogP contribution in [0.25, 0.3) is 0 Å². The maximum Gasteiger partial charge on any atom is 0.389 e. The van der Waals surface area contributed by atoms with E-state index in [0.29, 0.717) is 6.61 Å². The average molecular weight is 430 g/mol.